The number of phenols is 1. The van der Waals surface area contributed by atoms with Gasteiger partial charge in [-0.25, -0.2) is 0 Å². The number of benzene rings is 3. The summed E-state index contributed by atoms with van der Waals surface area (Å²) in [5.41, 5.74) is 2.05. The van der Waals surface area contributed by atoms with E-state index in [1.165, 1.54) is 5.30 Å². The van der Waals surface area contributed by atoms with E-state index in [4.69, 9.17) is 4.52 Å². The summed E-state index contributed by atoms with van der Waals surface area (Å²) in [6, 6.07) is 28.2. The molecule has 2 atom stereocenters. The Morgan fingerprint density at radius 2 is 1.42 bits per heavy atom. The molecule has 3 aromatic rings. The highest BCUT2D eigenvalue weighted by Gasteiger charge is 2.29. The third-order valence-corrected chi connectivity index (χ3v) is 6.25. The highest BCUT2D eigenvalue weighted by molar-refractivity contribution is 7.61. The number of hydrogen-bond donors (Lipinski definition) is 1. The van der Waals surface area contributed by atoms with E-state index in [0.717, 1.165) is 11.1 Å². The minimum atomic E-state index is -0.948. The Morgan fingerprint density at radius 1 is 0.833 bits per heavy atom. The summed E-state index contributed by atoms with van der Waals surface area (Å²) in [5.74, 6) is 0.314. The Kier molecular flexibility index (Phi) is 5.63. The maximum atomic E-state index is 10.5. The highest BCUT2D eigenvalue weighted by Crippen LogP contribution is 2.56. The lowest BCUT2D eigenvalue weighted by molar-refractivity contribution is 0.378. The first-order valence-electron chi connectivity index (χ1n) is 8.11. The van der Waals surface area contributed by atoms with E-state index in [1.54, 1.807) is 6.07 Å². The van der Waals surface area contributed by atoms with Gasteiger partial charge in [-0.05, 0) is 18.6 Å². The van der Waals surface area contributed by atoms with Crippen LogP contribution in [0, 0.1) is 0 Å². The fraction of sp³-hybridized carbons (Fsp3) is 0.143. The molecule has 0 spiro atoms. The third-order valence-electron chi connectivity index (χ3n) is 3.86. The molecule has 1 unspecified atom stereocenters. The van der Waals surface area contributed by atoms with Gasteiger partial charge < -0.3 is 9.63 Å². The molecule has 1 N–H and O–H groups in total. The number of phenolic OH excluding ortho intramolecular Hbond substituents is 1. The molecule has 0 aromatic heterocycles. The predicted octanol–water partition coefficient (Wildman–Crippen LogP) is 5.24. The zero-order valence-corrected chi connectivity index (χ0v) is 14.6. The summed E-state index contributed by atoms with van der Waals surface area (Å²) >= 11 is 0. The molecule has 3 heteroatoms. The average molecular weight is 336 g/mol. The van der Waals surface area contributed by atoms with E-state index in [-0.39, 0.29) is 5.66 Å². The molecule has 0 heterocycles. The molecular weight excluding hydrogens is 315 g/mol. The molecule has 3 rings (SSSR count). The van der Waals surface area contributed by atoms with Crippen molar-refractivity contribution in [3.05, 3.63) is 96.1 Å². The first-order chi connectivity index (χ1) is 11.8. The largest absolute Gasteiger partial charge is 0.508 e. The fourth-order valence-corrected chi connectivity index (χ4v) is 5.06. The Labute approximate surface area is 144 Å². The molecule has 0 aliphatic rings. The third kappa shape index (κ3) is 3.67. The Balaban J connectivity index is 2.14. The van der Waals surface area contributed by atoms with Gasteiger partial charge in [0, 0.05) is 17.5 Å². The number of aromatic hydroxyl groups is 1. The van der Waals surface area contributed by atoms with Crippen molar-refractivity contribution in [3.8, 4) is 5.75 Å². The van der Waals surface area contributed by atoms with Gasteiger partial charge in [-0.15, -0.1) is 0 Å². The standard InChI is InChI=1S/C21H21O2P/c1-2-23-24(18-13-7-4-8-14-18)21(17-11-5-3-6-12-17)19-15-9-10-16-20(19)22/h3-16,21-22H,2H2,1H3/t21?,24-/m0/s1. The van der Waals surface area contributed by atoms with Crippen molar-refractivity contribution in [3.63, 3.8) is 0 Å². The smallest absolute Gasteiger partial charge is 0.119 e. The van der Waals surface area contributed by atoms with Gasteiger partial charge in [-0.1, -0.05) is 78.9 Å². The lowest BCUT2D eigenvalue weighted by Gasteiger charge is -2.28. The summed E-state index contributed by atoms with van der Waals surface area (Å²) in [4.78, 5) is 0. The van der Waals surface area contributed by atoms with Gasteiger partial charge in [0.1, 0.15) is 5.75 Å². The van der Waals surface area contributed by atoms with E-state index in [0.29, 0.717) is 12.4 Å². The SMILES string of the molecule is CCO[P@@](c1ccccc1)C(c1ccccc1)c1ccccc1O. The van der Waals surface area contributed by atoms with E-state index >= 15 is 0 Å². The second kappa shape index (κ2) is 8.10. The van der Waals surface area contributed by atoms with E-state index in [2.05, 4.69) is 24.3 Å². The molecule has 0 saturated heterocycles. The quantitative estimate of drug-likeness (QED) is 0.624. The number of rotatable bonds is 6. The molecule has 0 radical (unpaired) electrons. The van der Waals surface area contributed by atoms with Gasteiger partial charge in [-0.2, -0.15) is 0 Å². The van der Waals surface area contributed by atoms with Crippen LogP contribution in [0.15, 0.2) is 84.9 Å². The van der Waals surface area contributed by atoms with Crippen molar-refractivity contribution in [2.45, 2.75) is 12.6 Å². The van der Waals surface area contributed by atoms with Crippen molar-refractivity contribution < 1.29 is 9.63 Å². The van der Waals surface area contributed by atoms with E-state index in [1.807, 2.05) is 61.5 Å². The summed E-state index contributed by atoms with van der Waals surface area (Å²) < 4.78 is 6.21. The van der Waals surface area contributed by atoms with Crippen LogP contribution >= 0.6 is 8.15 Å². The Hall–Kier alpha value is -2.15. The number of para-hydroxylation sites is 1. The van der Waals surface area contributed by atoms with Gasteiger partial charge in [0.05, 0.1) is 13.8 Å². The fourth-order valence-electron chi connectivity index (χ4n) is 2.81. The molecule has 0 aliphatic carbocycles. The minimum Gasteiger partial charge on any atom is -0.508 e. The number of hydrogen-bond acceptors (Lipinski definition) is 2. The molecular formula is C21H21O2P. The Morgan fingerprint density at radius 3 is 2.04 bits per heavy atom. The lowest BCUT2D eigenvalue weighted by Crippen LogP contribution is -2.11. The molecule has 0 bridgehead atoms. The first kappa shape index (κ1) is 16.7. The van der Waals surface area contributed by atoms with Crippen molar-refractivity contribution in [2.24, 2.45) is 0 Å². The van der Waals surface area contributed by atoms with Crippen LogP contribution < -0.4 is 5.30 Å². The normalized spacial score (nSPS) is 13.4. The van der Waals surface area contributed by atoms with Gasteiger partial charge in [0.2, 0.25) is 0 Å². The van der Waals surface area contributed by atoms with Crippen LogP contribution in [0.1, 0.15) is 23.7 Å². The van der Waals surface area contributed by atoms with Crippen LogP contribution in [-0.4, -0.2) is 11.7 Å². The highest BCUT2D eigenvalue weighted by atomic mass is 31.1. The molecule has 3 aromatic carbocycles. The molecule has 24 heavy (non-hydrogen) atoms. The summed E-state index contributed by atoms with van der Waals surface area (Å²) in [5, 5.41) is 11.6. The predicted molar refractivity (Wildman–Crippen MR) is 101 cm³/mol. The van der Waals surface area contributed by atoms with Crippen molar-refractivity contribution in [1.82, 2.24) is 0 Å². The van der Waals surface area contributed by atoms with Gasteiger partial charge in [0.25, 0.3) is 0 Å². The summed E-state index contributed by atoms with van der Waals surface area (Å²) in [7, 11) is -0.948. The molecule has 0 saturated carbocycles. The lowest BCUT2D eigenvalue weighted by atomic mass is 10.0. The zero-order chi connectivity index (χ0) is 16.8. The van der Waals surface area contributed by atoms with Crippen LogP contribution in [0.4, 0.5) is 0 Å². The zero-order valence-electron chi connectivity index (χ0n) is 13.7. The van der Waals surface area contributed by atoms with Crippen molar-refractivity contribution >= 4 is 13.5 Å². The summed E-state index contributed by atoms with van der Waals surface area (Å²) in [6.07, 6.45) is 0. The Bertz CT molecular complexity index is 759. The second-order valence-corrected chi connectivity index (χ2v) is 7.39. The monoisotopic (exact) mass is 336 g/mol. The second-order valence-electron chi connectivity index (χ2n) is 5.45. The van der Waals surface area contributed by atoms with Gasteiger partial charge in [0.15, 0.2) is 0 Å². The average Bonchev–Trinajstić information content (AvgIpc) is 2.64. The minimum absolute atomic E-state index is 0.00949. The molecule has 0 fully saturated rings. The van der Waals surface area contributed by atoms with Gasteiger partial charge >= 0.3 is 0 Å². The first-order valence-corrected chi connectivity index (χ1v) is 9.44. The molecule has 0 amide bonds. The van der Waals surface area contributed by atoms with Crippen LogP contribution in [-0.2, 0) is 4.52 Å². The van der Waals surface area contributed by atoms with Crippen LogP contribution in [0.25, 0.3) is 0 Å². The van der Waals surface area contributed by atoms with Gasteiger partial charge in [-0.3, -0.25) is 0 Å². The maximum Gasteiger partial charge on any atom is 0.119 e. The molecule has 122 valence electrons. The van der Waals surface area contributed by atoms with Crippen molar-refractivity contribution in [1.29, 1.82) is 0 Å². The van der Waals surface area contributed by atoms with Crippen LogP contribution in [0.5, 0.6) is 5.75 Å². The topological polar surface area (TPSA) is 29.5 Å². The summed E-state index contributed by atoms with van der Waals surface area (Å²) in [6.45, 7) is 2.66. The van der Waals surface area contributed by atoms with Crippen molar-refractivity contribution in [2.75, 3.05) is 6.61 Å². The van der Waals surface area contributed by atoms with Crippen LogP contribution in [0.3, 0.4) is 0 Å². The maximum absolute atomic E-state index is 10.5. The van der Waals surface area contributed by atoms with E-state index in [9.17, 15) is 5.11 Å². The molecule has 2 nitrogen and oxygen atoms in total. The van der Waals surface area contributed by atoms with E-state index < -0.39 is 8.15 Å². The molecule has 0 aliphatic heterocycles. The van der Waals surface area contributed by atoms with Crippen LogP contribution in [0.2, 0.25) is 0 Å².